The highest BCUT2D eigenvalue weighted by Gasteiger charge is 2.34. The molecule has 4 fully saturated rings. The number of fused-ring (bicyclic) bond motifs is 9. The summed E-state index contributed by atoms with van der Waals surface area (Å²) in [5.74, 6) is 2.27. The molecule has 145 heavy (non-hydrogen) atoms. The number of benzene rings is 5. The number of aryl methyl sites for hydroxylation is 4. The number of nitrogens with zero attached hydrogens (tertiary/aromatic N) is 26. The summed E-state index contributed by atoms with van der Waals surface area (Å²) in [5.41, 5.74) is 34.9. The monoisotopic (exact) mass is 1950 g/mol. The van der Waals surface area contributed by atoms with Crippen molar-refractivity contribution < 1.29 is 4.42 Å². The summed E-state index contributed by atoms with van der Waals surface area (Å²) in [5, 5.41) is 25.2. The fraction of sp³-hybridized carbons (Fsp3) is 0.389. The van der Waals surface area contributed by atoms with Gasteiger partial charge in [-0.25, -0.2) is 59.2 Å². The Morgan fingerprint density at radius 3 is 1.24 bits per heavy atom. The predicted octanol–water partition coefficient (Wildman–Crippen LogP) is 15.3. The highest BCUT2D eigenvalue weighted by molar-refractivity contribution is 6.01. The van der Waals surface area contributed by atoms with E-state index < -0.39 is 0 Å². The third-order valence-corrected chi connectivity index (χ3v) is 30.0. The van der Waals surface area contributed by atoms with Crippen LogP contribution in [0.25, 0.3) is 121 Å². The Bertz CT molecular complexity index is 8250. The Morgan fingerprint density at radius 2 is 0.828 bits per heavy atom. The van der Waals surface area contributed by atoms with Crippen LogP contribution in [0, 0.1) is 27.7 Å². The maximum absolute atomic E-state index is 14.1. The molecule has 4 aliphatic rings. The van der Waals surface area contributed by atoms with Gasteiger partial charge in [-0.15, -0.1) is 0 Å². The third-order valence-electron chi connectivity index (χ3n) is 30.0. The summed E-state index contributed by atoms with van der Waals surface area (Å²) < 4.78 is 17.3. The van der Waals surface area contributed by atoms with Gasteiger partial charge in [0.15, 0.2) is 39.8 Å². The first kappa shape index (κ1) is 97.1. The molecule has 18 heterocycles. The van der Waals surface area contributed by atoms with E-state index in [1.807, 2.05) is 144 Å². The first-order chi connectivity index (χ1) is 70.2. The van der Waals surface area contributed by atoms with Crippen LogP contribution in [0.4, 0.5) is 29.3 Å². The van der Waals surface area contributed by atoms with Gasteiger partial charge >= 0.3 is 0 Å². The molecule has 14 aromatic heterocycles. The Morgan fingerprint density at radius 1 is 0.434 bits per heavy atom. The van der Waals surface area contributed by atoms with Gasteiger partial charge in [0.05, 0.1) is 77.3 Å². The second kappa shape index (κ2) is 41.2. The third kappa shape index (κ3) is 19.1. The number of oxazole rings is 1. The molecule has 0 atom stereocenters. The van der Waals surface area contributed by atoms with Gasteiger partial charge in [0.2, 0.25) is 0 Å². The van der Waals surface area contributed by atoms with Crippen LogP contribution in [-0.4, -0.2) is 223 Å². The molecular formula is C108H126N32O5. The SMILES string of the molecule is CCN(Cc1cc2cccc(C)c2c(=O)n1C1CCN(C(C)C)CC1)c1ncnc2nc[nH]c12.CCN1CCC(n2c(Cn3nc(-c4ccc5oc(N)nc5c4)c4c(N)ncnc43)cc3cccc(C)c3c2=O)CC1.Cc1cccc2cc(CN(C)c3ncnc4nc[nH]c34)n(C3CCN(C(C)C)CC3)c(=O)c12.Cc1cccc2cc(Cn3nc(-c4cn[nH]c4)c4c(N)ncnc43)n(C3CCN(C(C)C)CC3)c(=O)c12. The zero-order chi connectivity index (χ0) is 101. The lowest BCUT2D eigenvalue weighted by Crippen LogP contribution is -2.42. The van der Waals surface area contributed by atoms with Gasteiger partial charge in [0.25, 0.3) is 28.3 Å². The molecule has 4 aliphatic heterocycles. The van der Waals surface area contributed by atoms with Crippen LogP contribution in [0.1, 0.15) is 176 Å². The van der Waals surface area contributed by atoms with E-state index in [-0.39, 0.29) is 52.4 Å². The number of likely N-dealkylation sites (tertiary alicyclic amines) is 4. The van der Waals surface area contributed by atoms with Gasteiger partial charge < -0.3 is 79.3 Å². The molecule has 9 N–H and O–H groups in total. The number of nitrogen functional groups attached to an aromatic ring is 3. The van der Waals surface area contributed by atoms with Crippen molar-refractivity contribution in [2.45, 2.75) is 203 Å². The molecule has 5 aromatic carbocycles. The van der Waals surface area contributed by atoms with Crippen molar-refractivity contribution in [3.8, 4) is 22.5 Å². The largest absolute Gasteiger partial charge is 0.424 e. The number of imidazole rings is 2. The van der Waals surface area contributed by atoms with Crippen LogP contribution in [0.15, 0.2) is 189 Å². The number of nitrogens with two attached hydrogens (primary N) is 3. The number of hydrogen-bond acceptors (Lipinski definition) is 28. The van der Waals surface area contributed by atoms with Crippen LogP contribution in [0.5, 0.6) is 0 Å². The molecule has 0 saturated carbocycles. The van der Waals surface area contributed by atoms with Crippen molar-refractivity contribution in [2.24, 2.45) is 0 Å². The molecule has 0 amide bonds. The quantitative estimate of drug-likeness (QED) is 0.0389. The van der Waals surface area contributed by atoms with Gasteiger partial charge in [-0.2, -0.15) is 20.3 Å². The second-order valence-electron chi connectivity index (χ2n) is 39.8. The van der Waals surface area contributed by atoms with E-state index in [2.05, 4.69) is 193 Å². The normalized spacial score (nSPS) is 15.4. The van der Waals surface area contributed by atoms with Gasteiger partial charge in [-0.05, 0) is 220 Å². The average molecular weight is 1950 g/mol. The molecule has 0 unspecified atom stereocenters. The molecule has 37 nitrogen and oxygen atoms in total. The van der Waals surface area contributed by atoms with Crippen molar-refractivity contribution >= 4 is 128 Å². The number of H-pyrrole nitrogens is 3. The first-order valence-electron chi connectivity index (χ1n) is 50.6. The van der Waals surface area contributed by atoms with E-state index in [0.717, 1.165) is 239 Å². The number of pyridine rings is 4. The Hall–Kier alpha value is -15.3. The second-order valence-corrected chi connectivity index (χ2v) is 39.8. The Kier molecular flexibility index (Phi) is 27.6. The summed E-state index contributed by atoms with van der Waals surface area (Å²) in [6.07, 6.45) is 20.3. The molecule has 37 heteroatoms. The molecule has 0 radical (unpaired) electrons. The van der Waals surface area contributed by atoms with E-state index in [1.54, 1.807) is 31.4 Å². The van der Waals surface area contributed by atoms with Crippen LogP contribution >= 0.6 is 0 Å². The summed E-state index contributed by atoms with van der Waals surface area (Å²) in [6, 6.07) is 40.7. The van der Waals surface area contributed by atoms with E-state index >= 15 is 0 Å². The molecule has 0 aliphatic carbocycles. The molecule has 23 rings (SSSR count). The van der Waals surface area contributed by atoms with Gasteiger partial charge in [0.1, 0.15) is 64.9 Å². The summed E-state index contributed by atoms with van der Waals surface area (Å²) >= 11 is 0. The molecule has 4 saturated heterocycles. The van der Waals surface area contributed by atoms with Gasteiger partial charge in [-0.3, -0.25) is 24.3 Å². The number of anilines is 5. The lowest BCUT2D eigenvalue weighted by molar-refractivity contribution is 0.149. The van der Waals surface area contributed by atoms with Crippen LogP contribution in [0.2, 0.25) is 0 Å². The smallest absolute Gasteiger partial charge is 0.292 e. The molecule has 748 valence electrons. The molecule has 19 aromatic rings. The lowest BCUT2D eigenvalue weighted by atomic mass is 10.00. The summed E-state index contributed by atoms with van der Waals surface area (Å²) in [4.78, 5) is 124. The standard InChI is InChI=1S/C30H31N9O2.C27H31N9O.C26H33N7O.C25H31N7O/c1-3-37-11-9-20(10-12-37)39-21(13-18-6-4-5-17(2)24(18)29(39)40)15-38-28-25(27(31)33-16-34-28)26(36-38)19-7-8-23-22(14-19)35-30(32)41-23;1-16(2)34-9-7-20(8-10-34)36-21(11-18-6-4-5-17(3)22(18)27(36)37)14-35-26-23(25(28)29-15-30-26)24(33-35)19-12-31-32-13-19;1-5-31(25-23-24(28-15-27-23)29-16-30-25)14-21-13-19-8-6-7-18(4)22(19)26(34)33(21)20-9-11-32(12-10-20)17(2)3;1-16(2)31-10-8-19(9-11-31)32-20(12-18-7-5-6-17(3)21(18)25(32)33)13-30(4)24-22-23(27-14-26-22)28-15-29-24/h4-8,13-14,16,20H,3,9-12,15H2,1-2H3,(H2,32,35)(H2,31,33,34);4-6,11-13,15-16,20H,7-10,14H2,1-3H3,(H,31,32)(H2,28,29,30);6-8,13,15-17,20H,5,9-12,14H2,1-4H3,(H,27,28,29,30);5-7,12,14-16,19H,8-11,13H2,1-4H3,(H,26,27,28,29). The number of nitrogens with one attached hydrogen (secondary N) is 3. The van der Waals surface area contributed by atoms with Crippen LogP contribution < -0.4 is 49.2 Å². The Labute approximate surface area is 837 Å². The van der Waals surface area contributed by atoms with Crippen molar-refractivity contribution in [3.05, 3.63) is 252 Å². The zero-order valence-corrected chi connectivity index (χ0v) is 84.6. The van der Waals surface area contributed by atoms with E-state index in [0.29, 0.717) is 112 Å². The number of piperidine rings is 4. The fourth-order valence-electron chi connectivity index (χ4n) is 22.3. The number of hydrogen-bond donors (Lipinski definition) is 6. The van der Waals surface area contributed by atoms with Crippen LogP contribution in [-0.2, 0) is 26.2 Å². The molecule has 0 bridgehead atoms. The maximum atomic E-state index is 14.1. The fourth-order valence-corrected chi connectivity index (χ4v) is 22.3. The molecule has 0 spiro atoms. The van der Waals surface area contributed by atoms with Crippen molar-refractivity contribution in [2.75, 3.05) is 99.5 Å². The summed E-state index contributed by atoms with van der Waals surface area (Å²) in [6.45, 7) is 37.3. The van der Waals surface area contributed by atoms with E-state index in [1.165, 1.54) is 19.0 Å². The van der Waals surface area contributed by atoms with Crippen LogP contribution in [0.3, 0.4) is 0 Å². The predicted molar refractivity (Wildman–Crippen MR) is 572 cm³/mol. The lowest BCUT2D eigenvalue weighted by Gasteiger charge is -2.36. The van der Waals surface area contributed by atoms with E-state index in [4.69, 9.17) is 31.8 Å². The average Bonchev–Trinajstić information content (AvgIpc) is 1.61. The molecular weight excluding hydrogens is 1830 g/mol. The number of aromatic amines is 3. The van der Waals surface area contributed by atoms with E-state index in [9.17, 15) is 19.2 Å². The highest BCUT2D eigenvalue weighted by Crippen LogP contribution is 2.39. The number of aromatic nitrogens is 23. The summed E-state index contributed by atoms with van der Waals surface area (Å²) in [7, 11) is 2.00. The highest BCUT2D eigenvalue weighted by atomic mass is 16.4. The van der Waals surface area contributed by atoms with Gasteiger partial charge in [0, 0.05) is 148 Å². The zero-order valence-electron chi connectivity index (χ0n) is 84.6. The minimum absolute atomic E-state index is 0.0467. The van der Waals surface area contributed by atoms with Crippen molar-refractivity contribution in [1.82, 2.24) is 132 Å². The van der Waals surface area contributed by atoms with Crippen molar-refractivity contribution in [1.29, 1.82) is 0 Å². The minimum Gasteiger partial charge on any atom is -0.424 e. The minimum atomic E-state index is 0.0467. The number of rotatable bonds is 21. The topological polar surface area (TPSA) is 436 Å². The Balaban J connectivity index is 0.000000118. The maximum Gasteiger partial charge on any atom is 0.292 e. The van der Waals surface area contributed by atoms with Crippen molar-refractivity contribution in [3.63, 3.8) is 0 Å². The first-order valence-corrected chi connectivity index (χ1v) is 50.6. The van der Waals surface area contributed by atoms with Gasteiger partial charge in [-0.1, -0.05) is 79.7 Å².